The minimum Gasteiger partial charge on any atom is -0.508 e. The topological polar surface area (TPSA) is 117 Å². The number of carboxylic acid groups (broad SMARTS) is 1. The second-order valence-electron chi connectivity index (χ2n) is 5.38. The fourth-order valence-corrected chi connectivity index (χ4v) is 2.30. The van der Waals surface area contributed by atoms with Crippen molar-refractivity contribution in [1.82, 2.24) is 5.32 Å². The Bertz CT molecular complexity index is 852. The molecule has 7 nitrogen and oxygen atoms in total. The maximum absolute atomic E-state index is 12.1. The Morgan fingerprint density at radius 1 is 1.26 bits per heavy atom. The van der Waals surface area contributed by atoms with Crippen molar-refractivity contribution in [1.29, 1.82) is 0 Å². The first-order valence-corrected chi connectivity index (χ1v) is 6.99. The monoisotopic (exact) mass is 319 g/mol. The molecule has 0 saturated heterocycles. The van der Waals surface area contributed by atoms with Crippen LogP contribution in [0.5, 0.6) is 5.75 Å². The number of nitrogens with one attached hydrogen (secondary N) is 1. The molecule has 1 heterocycles. The molecule has 1 amide bonds. The Morgan fingerprint density at radius 3 is 2.52 bits per heavy atom. The molecule has 0 saturated carbocycles. The number of amides is 1. The van der Waals surface area contributed by atoms with E-state index in [1.54, 1.807) is 19.9 Å². The van der Waals surface area contributed by atoms with Crippen molar-refractivity contribution in [2.45, 2.75) is 33.2 Å². The van der Waals surface area contributed by atoms with Crippen molar-refractivity contribution >= 4 is 22.8 Å². The van der Waals surface area contributed by atoms with E-state index >= 15 is 0 Å². The molecule has 0 aliphatic heterocycles. The molecule has 0 aliphatic rings. The summed E-state index contributed by atoms with van der Waals surface area (Å²) in [7, 11) is 0. The predicted molar refractivity (Wildman–Crippen MR) is 82.6 cm³/mol. The van der Waals surface area contributed by atoms with Crippen LogP contribution in [0.15, 0.2) is 21.3 Å². The number of carbonyl (C=O) groups excluding carboxylic acids is 1. The summed E-state index contributed by atoms with van der Waals surface area (Å²) in [4.78, 5) is 34.8. The molecule has 1 aromatic carbocycles. The fourth-order valence-electron chi connectivity index (χ4n) is 2.30. The quantitative estimate of drug-likeness (QED) is 0.730. The molecule has 0 spiro atoms. The highest BCUT2D eigenvalue weighted by molar-refractivity contribution is 5.88. The largest absolute Gasteiger partial charge is 0.508 e. The van der Waals surface area contributed by atoms with Crippen LogP contribution in [0.2, 0.25) is 0 Å². The number of aromatic hydroxyl groups is 1. The molecular formula is C16H17NO6. The van der Waals surface area contributed by atoms with E-state index in [4.69, 9.17) is 9.52 Å². The van der Waals surface area contributed by atoms with Crippen LogP contribution in [0, 0.1) is 13.8 Å². The van der Waals surface area contributed by atoms with Gasteiger partial charge in [0, 0.05) is 10.9 Å². The number of hydrogen-bond acceptors (Lipinski definition) is 5. The average Bonchev–Trinajstić information content (AvgIpc) is 2.47. The number of aryl methyl sites for hydroxylation is 2. The van der Waals surface area contributed by atoms with E-state index in [2.05, 4.69) is 5.32 Å². The number of carbonyl (C=O) groups is 2. The Labute approximate surface area is 131 Å². The number of benzene rings is 1. The van der Waals surface area contributed by atoms with Crippen LogP contribution >= 0.6 is 0 Å². The molecule has 23 heavy (non-hydrogen) atoms. The average molecular weight is 319 g/mol. The van der Waals surface area contributed by atoms with Gasteiger partial charge in [-0.1, -0.05) is 0 Å². The van der Waals surface area contributed by atoms with Gasteiger partial charge in [0.05, 0.1) is 12.0 Å². The summed E-state index contributed by atoms with van der Waals surface area (Å²) in [6.07, 6.45) is -0.276. The van der Waals surface area contributed by atoms with Crippen molar-refractivity contribution in [2.24, 2.45) is 0 Å². The molecule has 0 aliphatic carbocycles. The molecular weight excluding hydrogens is 302 g/mol. The lowest BCUT2D eigenvalue weighted by molar-refractivity contribution is -0.141. The Kier molecular flexibility index (Phi) is 4.40. The molecule has 0 unspecified atom stereocenters. The van der Waals surface area contributed by atoms with Gasteiger partial charge in [-0.2, -0.15) is 0 Å². The number of rotatable bonds is 4. The first kappa shape index (κ1) is 16.5. The van der Waals surface area contributed by atoms with Gasteiger partial charge >= 0.3 is 11.6 Å². The molecule has 7 heteroatoms. The van der Waals surface area contributed by atoms with Crippen LogP contribution in [0.25, 0.3) is 11.0 Å². The Hall–Kier alpha value is -2.83. The van der Waals surface area contributed by atoms with E-state index in [-0.39, 0.29) is 23.3 Å². The summed E-state index contributed by atoms with van der Waals surface area (Å²) in [5, 5.41) is 21.4. The van der Waals surface area contributed by atoms with Crippen LogP contribution in [0.3, 0.4) is 0 Å². The summed E-state index contributed by atoms with van der Waals surface area (Å²) in [5.41, 5.74) is 0.769. The molecule has 1 atom stereocenters. The van der Waals surface area contributed by atoms with Gasteiger partial charge in [0.25, 0.3) is 0 Å². The number of fused-ring (bicyclic) bond motifs is 1. The number of aliphatic carboxylic acids is 1. The SMILES string of the molecule is Cc1c(CC(=O)N[C@H](C)C(=O)O)c(=O)oc2c(C)c(O)ccc12. The fraction of sp³-hybridized carbons (Fsp3) is 0.312. The van der Waals surface area contributed by atoms with Crippen molar-refractivity contribution in [3.63, 3.8) is 0 Å². The van der Waals surface area contributed by atoms with Crippen molar-refractivity contribution in [3.8, 4) is 5.75 Å². The normalized spacial score (nSPS) is 12.1. The maximum atomic E-state index is 12.1. The predicted octanol–water partition coefficient (Wildman–Crippen LogP) is 1.25. The third kappa shape index (κ3) is 3.18. The minimum atomic E-state index is -1.16. The summed E-state index contributed by atoms with van der Waals surface area (Å²) < 4.78 is 5.23. The highest BCUT2D eigenvalue weighted by Crippen LogP contribution is 2.28. The number of hydrogen-bond donors (Lipinski definition) is 3. The third-order valence-electron chi connectivity index (χ3n) is 3.76. The number of phenols is 1. The highest BCUT2D eigenvalue weighted by atomic mass is 16.4. The lowest BCUT2D eigenvalue weighted by Gasteiger charge is -2.12. The van der Waals surface area contributed by atoms with Crippen LogP contribution < -0.4 is 10.9 Å². The van der Waals surface area contributed by atoms with Crippen LogP contribution in [0.4, 0.5) is 0 Å². The van der Waals surface area contributed by atoms with Crippen LogP contribution in [0.1, 0.15) is 23.6 Å². The Morgan fingerprint density at radius 2 is 1.91 bits per heavy atom. The van der Waals surface area contributed by atoms with Gasteiger partial charge in [0.2, 0.25) is 5.91 Å². The van der Waals surface area contributed by atoms with E-state index in [9.17, 15) is 19.5 Å². The zero-order valence-corrected chi connectivity index (χ0v) is 13.0. The van der Waals surface area contributed by atoms with Gasteiger partial charge in [-0.05, 0) is 38.5 Å². The van der Waals surface area contributed by atoms with Crippen LogP contribution in [-0.4, -0.2) is 28.1 Å². The van der Waals surface area contributed by atoms with Crippen LogP contribution in [-0.2, 0) is 16.0 Å². The molecule has 2 rings (SSSR count). The third-order valence-corrected chi connectivity index (χ3v) is 3.76. The summed E-state index contributed by atoms with van der Waals surface area (Å²) in [5.74, 6) is -1.72. The summed E-state index contributed by atoms with van der Waals surface area (Å²) in [6, 6.07) is 2.05. The van der Waals surface area contributed by atoms with E-state index in [1.165, 1.54) is 13.0 Å². The summed E-state index contributed by atoms with van der Waals surface area (Å²) >= 11 is 0. The number of carboxylic acids is 1. The molecule has 0 radical (unpaired) electrons. The molecule has 2 aromatic rings. The van der Waals surface area contributed by atoms with Crippen molar-refractivity contribution in [2.75, 3.05) is 0 Å². The molecule has 3 N–H and O–H groups in total. The zero-order valence-electron chi connectivity index (χ0n) is 13.0. The van der Waals surface area contributed by atoms with E-state index in [0.717, 1.165) is 0 Å². The van der Waals surface area contributed by atoms with Gasteiger partial charge < -0.3 is 19.9 Å². The molecule has 1 aromatic heterocycles. The smallest absolute Gasteiger partial charge is 0.340 e. The molecule has 0 bridgehead atoms. The lowest BCUT2D eigenvalue weighted by Crippen LogP contribution is -2.39. The first-order valence-electron chi connectivity index (χ1n) is 6.99. The first-order chi connectivity index (χ1) is 10.7. The van der Waals surface area contributed by atoms with Crippen molar-refractivity contribution in [3.05, 3.63) is 39.2 Å². The van der Waals surface area contributed by atoms with Gasteiger partial charge in [0.15, 0.2) is 0 Å². The summed E-state index contributed by atoms with van der Waals surface area (Å²) in [6.45, 7) is 4.64. The van der Waals surface area contributed by atoms with Gasteiger partial charge in [-0.3, -0.25) is 9.59 Å². The number of phenolic OH excluding ortho intramolecular Hbond substituents is 1. The zero-order chi connectivity index (χ0) is 17.3. The van der Waals surface area contributed by atoms with Crippen molar-refractivity contribution < 1.29 is 24.2 Å². The molecule has 122 valence electrons. The second-order valence-corrected chi connectivity index (χ2v) is 5.38. The lowest BCUT2D eigenvalue weighted by atomic mass is 10.0. The van der Waals surface area contributed by atoms with E-state index < -0.39 is 23.5 Å². The second kappa shape index (κ2) is 6.12. The van der Waals surface area contributed by atoms with Gasteiger partial charge in [-0.25, -0.2) is 4.79 Å². The van der Waals surface area contributed by atoms with Gasteiger partial charge in [-0.15, -0.1) is 0 Å². The standard InChI is InChI=1S/C16H17NO6/c1-7-10-4-5-12(18)8(2)14(10)23-16(22)11(7)6-13(19)17-9(3)15(20)21/h4-5,9,18H,6H2,1-3H3,(H,17,19)(H,20,21)/t9-/m1/s1. The highest BCUT2D eigenvalue weighted by Gasteiger charge is 2.19. The Balaban J connectivity index is 2.43. The minimum absolute atomic E-state index is 0.0147. The van der Waals surface area contributed by atoms with E-state index in [1.807, 2.05) is 0 Å². The van der Waals surface area contributed by atoms with E-state index in [0.29, 0.717) is 16.5 Å². The maximum Gasteiger partial charge on any atom is 0.340 e. The molecule has 0 fully saturated rings. The van der Waals surface area contributed by atoms with Gasteiger partial charge in [0.1, 0.15) is 17.4 Å².